The molecule has 13 heteroatoms. The molecule has 1 fully saturated rings. The first-order valence-electron chi connectivity index (χ1n) is 13.1. The normalized spacial score (nSPS) is 18.3. The Morgan fingerprint density at radius 1 is 1.00 bits per heavy atom. The first-order chi connectivity index (χ1) is 20.1. The van der Waals surface area contributed by atoms with Gasteiger partial charge in [-0.1, -0.05) is 30.3 Å². The minimum absolute atomic E-state index is 0.0217. The van der Waals surface area contributed by atoms with Crippen LogP contribution in [-0.2, 0) is 20.0 Å². The van der Waals surface area contributed by atoms with Crippen LogP contribution in [0.15, 0.2) is 66.7 Å². The van der Waals surface area contributed by atoms with Crippen molar-refractivity contribution in [3.05, 3.63) is 83.4 Å². The van der Waals surface area contributed by atoms with Crippen molar-refractivity contribution in [3.63, 3.8) is 0 Å². The van der Waals surface area contributed by atoms with E-state index in [9.17, 15) is 27.6 Å². The van der Waals surface area contributed by atoms with Crippen LogP contribution in [0.25, 0.3) is 11.0 Å². The van der Waals surface area contributed by atoms with Crippen molar-refractivity contribution in [1.29, 1.82) is 0 Å². The number of carbonyl (C=O) groups excluding carboxylic acids is 3. The van der Waals surface area contributed by atoms with Crippen LogP contribution in [0.5, 0.6) is 0 Å². The Bertz CT molecular complexity index is 1720. The maximum Gasteiger partial charge on any atom is 0.491 e. The molecule has 2 aliphatic rings. The second-order valence-corrected chi connectivity index (χ2v) is 9.87. The van der Waals surface area contributed by atoms with Gasteiger partial charge in [-0.25, -0.2) is 14.6 Å². The number of nitrogens with one attached hydrogen (secondary N) is 2. The standard InChI is InChI=1S/C29H24F3N5O5/c1-41-27(40)35-26-33-22-12-11-17(15-23(22)34-26)28(42-25(39)29(30,31)32)21-10-3-2-9-20(21)24(38)37(28)19-8-6-7-18(16-19)36-13-4-5-14-36/h2-3,6-12,15-16H,4-5,13-14H2,1H3,(H2,33,34,35,40). The summed E-state index contributed by atoms with van der Waals surface area (Å²) >= 11 is 0. The molecule has 1 unspecified atom stereocenters. The number of benzene rings is 3. The van der Waals surface area contributed by atoms with E-state index < -0.39 is 29.9 Å². The van der Waals surface area contributed by atoms with Crippen molar-refractivity contribution in [2.45, 2.75) is 24.7 Å². The maximum absolute atomic E-state index is 14.0. The summed E-state index contributed by atoms with van der Waals surface area (Å²) in [5.74, 6) is -3.09. The average molecular weight is 580 g/mol. The molecule has 6 rings (SSSR count). The number of amides is 2. The molecule has 0 radical (unpaired) electrons. The lowest BCUT2D eigenvalue weighted by molar-refractivity contribution is -0.211. The first-order valence-corrected chi connectivity index (χ1v) is 13.1. The van der Waals surface area contributed by atoms with Crippen LogP contribution < -0.4 is 15.1 Å². The highest BCUT2D eigenvalue weighted by atomic mass is 19.4. The van der Waals surface area contributed by atoms with Gasteiger partial charge in [-0.15, -0.1) is 0 Å². The van der Waals surface area contributed by atoms with Gasteiger partial charge in [0.05, 0.1) is 23.8 Å². The van der Waals surface area contributed by atoms with E-state index in [0.717, 1.165) is 36.5 Å². The van der Waals surface area contributed by atoms with Crippen LogP contribution in [0.1, 0.15) is 34.3 Å². The largest absolute Gasteiger partial charge is 0.491 e. The number of halogens is 3. The van der Waals surface area contributed by atoms with Crippen molar-refractivity contribution >= 4 is 46.3 Å². The molecule has 0 saturated carbocycles. The number of rotatable bonds is 5. The summed E-state index contributed by atoms with van der Waals surface area (Å²) in [4.78, 5) is 48.7. The minimum atomic E-state index is -5.35. The molecule has 0 spiro atoms. The molecular weight excluding hydrogens is 555 g/mol. The number of hydrogen-bond donors (Lipinski definition) is 2. The molecule has 3 aromatic carbocycles. The molecule has 3 heterocycles. The van der Waals surface area contributed by atoms with Crippen molar-refractivity contribution in [1.82, 2.24) is 9.97 Å². The van der Waals surface area contributed by atoms with E-state index in [1.165, 1.54) is 37.4 Å². The average Bonchev–Trinajstić information content (AvgIpc) is 3.70. The maximum atomic E-state index is 14.0. The molecule has 216 valence electrons. The summed E-state index contributed by atoms with van der Waals surface area (Å²) in [6, 6.07) is 17.3. The number of aromatic amines is 1. The predicted octanol–water partition coefficient (Wildman–Crippen LogP) is 5.31. The van der Waals surface area contributed by atoms with Crippen molar-refractivity contribution in [2.24, 2.45) is 0 Å². The first kappa shape index (κ1) is 27.1. The Hall–Kier alpha value is -5.07. The molecular formula is C29H24F3N5O5. The second kappa shape index (κ2) is 10.1. The fraction of sp³-hybridized carbons (Fsp3) is 0.241. The number of imidazole rings is 1. The number of esters is 1. The zero-order chi connectivity index (χ0) is 29.6. The van der Waals surface area contributed by atoms with E-state index in [4.69, 9.17) is 4.74 Å². The highest BCUT2D eigenvalue weighted by Gasteiger charge is 2.58. The number of fused-ring (bicyclic) bond motifs is 2. The highest BCUT2D eigenvalue weighted by molar-refractivity contribution is 6.13. The van der Waals surface area contributed by atoms with Gasteiger partial charge in [0.1, 0.15) is 0 Å². The van der Waals surface area contributed by atoms with Gasteiger partial charge in [-0.3, -0.25) is 15.0 Å². The third-order valence-electron chi connectivity index (χ3n) is 7.35. The Balaban J connectivity index is 1.58. The Morgan fingerprint density at radius 3 is 2.48 bits per heavy atom. The highest BCUT2D eigenvalue weighted by Crippen LogP contribution is 2.49. The lowest BCUT2D eigenvalue weighted by Gasteiger charge is -2.39. The SMILES string of the molecule is COC(=O)Nc1nc2ccc(C3(OC(=O)C(F)(F)F)c4ccccc4C(=O)N3c3cccc(N4CCCC4)c3)cc2[nH]1. The van der Waals surface area contributed by atoms with Crippen molar-refractivity contribution < 1.29 is 37.0 Å². The smallest absolute Gasteiger partial charge is 0.453 e. The van der Waals surface area contributed by atoms with Gasteiger partial charge in [-0.05, 0) is 49.2 Å². The number of hydrogen-bond acceptors (Lipinski definition) is 7. The molecule has 0 aliphatic carbocycles. The van der Waals surface area contributed by atoms with Crippen LogP contribution in [0.4, 0.5) is 35.3 Å². The molecule has 1 atom stereocenters. The molecule has 4 aromatic rings. The zero-order valence-electron chi connectivity index (χ0n) is 22.2. The molecule has 2 aliphatic heterocycles. The minimum Gasteiger partial charge on any atom is -0.453 e. The van der Waals surface area contributed by atoms with Crippen molar-refractivity contribution in [2.75, 3.05) is 35.3 Å². The Labute approximate surface area is 237 Å². The Kier molecular flexibility index (Phi) is 6.51. The summed E-state index contributed by atoms with van der Waals surface area (Å²) in [7, 11) is 1.18. The molecule has 10 nitrogen and oxygen atoms in total. The molecule has 1 aromatic heterocycles. The van der Waals surface area contributed by atoms with Crippen molar-refractivity contribution in [3.8, 4) is 0 Å². The fourth-order valence-corrected chi connectivity index (χ4v) is 5.52. The summed E-state index contributed by atoms with van der Waals surface area (Å²) in [6.45, 7) is 1.59. The lowest BCUT2D eigenvalue weighted by Crippen LogP contribution is -2.50. The topological polar surface area (TPSA) is 117 Å². The van der Waals surface area contributed by atoms with E-state index in [-0.39, 0.29) is 28.3 Å². The van der Waals surface area contributed by atoms with Crippen LogP contribution in [0.2, 0.25) is 0 Å². The van der Waals surface area contributed by atoms with Gasteiger partial charge >= 0.3 is 18.2 Å². The van der Waals surface area contributed by atoms with E-state index in [0.29, 0.717) is 11.0 Å². The van der Waals surface area contributed by atoms with Gasteiger partial charge in [0.25, 0.3) is 5.91 Å². The van der Waals surface area contributed by atoms with Crippen LogP contribution in [-0.4, -0.2) is 54.3 Å². The molecule has 0 bridgehead atoms. The Morgan fingerprint density at radius 2 is 1.74 bits per heavy atom. The lowest BCUT2D eigenvalue weighted by atomic mass is 9.92. The van der Waals surface area contributed by atoms with Gasteiger partial charge in [-0.2, -0.15) is 13.2 Å². The number of aromatic nitrogens is 2. The van der Waals surface area contributed by atoms with E-state index in [1.807, 2.05) is 6.07 Å². The summed E-state index contributed by atoms with van der Waals surface area (Å²) in [6.07, 6.45) is -4.17. The van der Waals surface area contributed by atoms with Crippen LogP contribution in [0, 0.1) is 0 Å². The van der Waals surface area contributed by atoms with Crippen LogP contribution >= 0.6 is 0 Å². The third-order valence-corrected chi connectivity index (χ3v) is 7.35. The monoisotopic (exact) mass is 579 g/mol. The van der Waals surface area contributed by atoms with Gasteiger partial charge in [0.2, 0.25) is 11.7 Å². The van der Waals surface area contributed by atoms with E-state index in [2.05, 4.69) is 24.9 Å². The quantitative estimate of drug-likeness (QED) is 0.308. The fourth-order valence-electron chi connectivity index (χ4n) is 5.52. The van der Waals surface area contributed by atoms with Gasteiger partial charge in [0.15, 0.2) is 0 Å². The number of anilines is 3. The predicted molar refractivity (Wildman–Crippen MR) is 146 cm³/mol. The number of alkyl halides is 3. The van der Waals surface area contributed by atoms with Gasteiger partial charge in [0, 0.05) is 35.5 Å². The molecule has 1 saturated heterocycles. The summed E-state index contributed by atoms with van der Waals surface area (Å²) < 4.78 is 51.5. The van der Waals surface area contributed by atoms with E-state index in [1.54, 1.807) is 30.3 Å². The van der Waals surface area contributed by atoms with E-state index >= 15 is 0 Å². The molecule has 2 amide bonds. The third kappa shape index (κ3) is 4.46. The number of ether oxygens (including phenoxy) is 2. The summed E-state index contributed by atoms with van der Waals surface area (Å²) in [5.41, 5.74) is -0.472. The number of H-pyrrole nitrogens is 1. The second-order valence-electron chi connectivity index (χ2n) is 9.87. The van der Waals surface area contributed by atoms with Crippen LogP contribution in [0.3, 0.4) is 0 Å². The zero-order valence-corrected chi connectivity index (χ0v) is 22.2. The van der Waals surface area contributed by atoms with Gasteiger partial charge < -0.3 is 19.4 Å². The number of carbonyl (C=O) groups is 3. The number of methoxy groups -OCH3 is 1. The molecule has 2 N–H and O–H groups in total. The number of nitrogens with zero attached hydrogens (tertiary/aromatic N) is 3. The molecule has 42 heavy (non-hydrogen) atoms. The summed E-state index contributed by atoms with van der Waals surface area (Å²) in [5, 5.41) is 2.39.